The first kappa shape index (κ1) is 16.8. The van der Waals surface area contributed by atoms with Crippen molar-refractivity contribution in [1.29, 1.82) is 0 Å². The highest BCUT2D eigenvalue weighted by Crippen LogP contribution is 2.51. The average Bonchev–Trinajstić information content (AvgIpc) is 2.34. The molecule has 0 saturated carbocycles. The molecule has 1 unspecified atom stereocenters. The highest BCUT2D eigenvalue weighted by atomic mass is 19.4. The molecule has 20 heavy (non-hydrogen) atoms. The van der Waals surface area contributed by atoms with Crippen LogP contribution in [0.2, 0.25) is 0 Å². The van der Waals surface area contributed by atoms with Crippen LogP contribution in [0.1, 0.15) is 37.3 Å². The second kappa shape index (κ2) is 5.27. The van der Waals surface area contributed by atoms with Gasteiger partial charge in [0.25, 0.3) is 5.60 Å². The summed E-state index contributed by atoms with van der Waals surface area (Å²) < 4.78 is 77.2. The van der Waals surface area contributed by atoms with Gasteiger partial charge in [0.15, 0.2) is 0 Å². The molecule has 0 aromatic heterocycles. The molecule has 0 saturated heterocycles. The summed E-state index contributed by atoms with van der Waals surface area (Å²) >= 11 is 0. The molecule has 0 radical (unpaired) electrons. The van der Waals surface area contributed by atoms with Crippen molar-refractivity contribution in [2.24, 2.45) is 0 Å². The van der Waals surface area contributed by atoms with Crippen LogP contribution in [-0.4, -0.2) is 17.5 Å². The minimum absolute atomic E-state index is 0.160. The van der Waals surface area contributed by atoms with Crippen molar-refractivity contribution in [2.75, 3.05) is 0 Å². The van der Waals surface area contributed by atoms with Gasteiger partial charge in [0.1, 0.15) is 0 Å². The fourth-order valence-corrected chi connectivity index (χ4v) is 1.94. The lowest BCUT2D eigenvalue weighted by molar-refractivity contribution is -0.376. The van der Waals surface area contributed by atoms with Crippen molar-refractivity contribution in [3.8, 4) is 0 Å². The minimum atomic E-state index is -5.85. The quantitative estimate of drug-likeness (QED) is 0.814. The van der Waals surface area contributed by atoms with Crippen LogP contribution in [0.25, 0.3) is 0 Å². The standard InChI is InChI=1S/C13H14F6O/c1-3-8(2)9-6-4-5-7-10(9)11(20,12(14,15)16)13(17,18)19/h4-8,20H,3H2,1-2H3. The van der Waals surface area contributed by atoms with E-state index >= 15 is 0 Å². The molecule has 0 fully saturated rings. The number of rotatable bonds is 3. The zero-order valence-electron chi connectivity index (χ0n) is 10.8. The van der Waals surface area contributed by atoms with E-state index in [0.29, 0.717) is 12.5 Å². The molecule has 0 spiro atoms. The van der Waals surface area contributed by atoms with E-state index in [9.17, 15) is 31.4 Å². The van der Waals surface area contributed by atoms with Crippen molar-refractivity contribution in [3.05, 3.63) is 35.4 Å². The van der Waals surface area contributed by atoms with E-state index in [1.165, 1.54) is 19.1 Å². The topological polar surface area (TPSA) is 20.2 Å². The van der Waals surface area contributed by atoms with Crippen LogP contribution in [0.5, 0.6) is 0 Å². The van der Waals surface area contributed by atoms with Gasteiger partial charge >= 0.3 is 12.4 Å². The Morgan fingerprint density at radius 2 is 1.45 bits per heavy atom. The molecular formula is C13H14F6O. The zero-order chi connectivity index (χ0) is 15.8. The Balaban J connectivity index is 3.61. The summed E-state index contributed by atoms with van der Waals surface area (Å²) in [6.07, 6.45) is -11.4. The first-order chi connectivity index (χ1) is 8.96. The SMILES string of the molecule is CCC(C)c1ccccc1C(O)(C(F)(F)F)C(F)(F)F. The van der Waals surface area contributed by atoms with E-state index < -0.39 is 29.4 Å². The van der Waals surface area contributed by atoms with Gasteiger partial charge in [-0.2, -0.15) is 26.3 Å². The normalized spacial score (nSPS) is 15.2. The van der Waals surface area contributed by atoms with E-state index in [1.807, 2.05) is 0 Å². The zero-order valence-corrected chi connectivity index (χ0v) is 10.8. The lowest BCUT2D eigenvalue weighted by atomic mass is 9.83. The maximum atomic E-state index is 12.9. The summed E-state index contributed by atoms with van der Waals surface area (Å²) in [5.74, 6) is -0.539. The smallest absolute Gasteiger partial charge is 0.369 e. The van der Waals surface area contributed by atoms with Crippen molar-refractivity contribution >= 4 is 0 Å². The summed E-state index contributed by atoms with van der Waals surface area (Å²) in [5, 5.41) is 9.43. The number of alkyl halides is 6. The fraction of sp³-hybridized carbons (Fsp3) is 0.538. The number of benzene rings is 1. The Kier molecular flexibility index (Phi) is 4.43. The summed E-state index contributed by atoms with van der Waals surface area (Å²) in [5.41, 5.74) is -6.18. The molecule has 114 valence electrons. The van der Waals surface area contributed by atoms with E-state index in [0.717, 1.165) is 6.07 Å². The third kappa shape index (κ3) is 2.63. The molecule has 0 aliphatic heterocycles. The maximum absolute atomic E-state index is 12.9. The average molecular weight is 300 g/mol. The Morgan fingerprint density at radius 3 is 1.85 bits per heavy atom. The van der Waals surface area contributed by atoms with Crippen LogP contribution < -0.4 is 0 Å². The minimum Gasteiger partial charge on any atom is -0.369 e. The molecule has 0 amide bonds. The third-order valence-corrected chi connectivity index (χ3v) is 3.31. The van der Waals surface area contributed by atoms with Crippen LogP contribution in [0.4, 0.5) is 26.3 Å². The number of aliphatic hydroxyl groups is 1. The molecule has 0 aliphatic rings. The van der Waals surface area contributed by atoms with Gasteiger partial charge in [0, 0.05) is 5.56 Å². The summed E-state index contributed by atoms with van der Waals surface area (Å²) in [7, 11) is 0. The maximum Gasteiger partial charge on any atom is 0.430 e. The molecule has 1 aromatic rings. The van der Waals surface area contributed by atoms with Gasteiger partial charge < -0.3 is 5.11 Å². The molecule has 1 atom stereocenters. The second-order valence-corrected chi connectivity index (χ2v) is 4.60. The van der Waals surface area contributed by atoms with Crippen LogP contribution in [0.15, 0.2) is 24.3 Å². The van der Waals surface area contributed by atoms with Gasteiger partial charge in [0.2, 0.25) is 0 Å². The highest BCUT2D eigenvalue weighted by Gasteiger charge is 2.71. The van der Waals surface area contributed by atoms with Crippen molar-refractivity contribution in [3.63, 3.8) is 0 Å². The molecular weight excluding hydrogens is 286 g/mol. The predicted octanol–water partition coefficient (Wildman–Crippen LogP) is 4.51. The highest BCUT2D eigenvalue weighted by molar-refractivity contribution is 5.37. The summed E-state index contributed by atoms with van der Waals surface area (Å²) in [6.45, 7) is 3.15. The summed E-state index contributed by atoms with van der Waals surface area (Å²) in [6, 6.07) is 4.23. The van der Waals surface area contributed by atoms with E-state index in [4.69, 9.17) is 0 Å². The first-order valence-electron chi connectivity index (χ1n) is 5.92. The second-order valence-electron chi connectivity index (χ2n) is 4.60. The molecule has 0 aliphatic carbocycles. The van der Waals surface area contributed by atoms with Crippen LogP contribution >= 0.6 is 0 Å². The van der Waals surface area contributed by atoms with E-state index in [-0.39, 0.29) is 5.56 Å². The predicted molar refractivity (Wildman–Crippen MR) is 61.2 cm³/mol. The molecule has 7 heteroatoms. The Labute approximate surface area is 112 Å². The van der Waals surface area contributed by atoms with Gasteiger partial charge in [0.05, 0.1) is 0 Å². The lowest BCUT2D eigenvalue weighted by Gasteiger charge is -2.35. The van der Waals surface area contributed by atoms with Gasteiger partial charge in [-0.05, 0) is 17.9 Å². The van der Waals surface area contributed by atoms with Gasteiger partial charge in [-0.1, -0.05) is 38.1 Å². The van der Waals surface area contributed by atoms with Crippen LogP contribution in [-0.2, 0) is 5.60 Å². The summed E-state index contributed by atoms with van der Waals surface area (Å²) in [4.78, 5) is 0. The number of hydrogen-bond acceptors (Lipinski definition) is 1. The monoisotopic (exact) mass is 300 g/mol. The van der Waals surface area contributed by atoms with E-state index in [1.54, 1.807) is 6.92 Å². The van der Waals surface area contributed by atoms with Crippen LogP contribution in [0.3, 0.4) is 0 Å². The Bertz CT molecular complexity index is 449. The van der Waals surface area contributed by atoms with E-state index in [2.05, 4.69) is 0 Å². The van der Waals surface area contributed by atoms with Gasteiger partial charge in [-0.3, -0.25) is 0 Å². The third-order valence-electron chi connectivity index (χ3n) is 3.31. The first-order valence-corrected chi connectivity index (χ1v) is 5.92. The molecule has 0 bridgehead atoms. The Morgan fingerprint density at radius 1 is 1.00 bits per heavy atom. The Hall–Kier alpha value is -1.24. The molecule has 1 N–H and O–H groups in total. The molecule has 1 rings (SSSR count). The fourth-order valence-electron chi connectivity index (χ4n) is 1.94. The van der Waals surface area contributed by atoms with Gasteiger partial charge in [-0.25, -0.2) is 0 Å². The van der Waals surface area contributed by atoms with Crippen molar-refractivity contribution in [2.45, 2.75) is 44.1 Å². The number of halogens is 6. The molecule has 0 heterocycles. The largest absolute Gasteiger partial charge is 0.430 e. The lowest BCUT2D eigenvalue weighted by Crippen LogP contribution is -2.54. The van der Waals surface area contributed by atoms with Crippen molar-refractivity contribution < 1.29 is 31.4 Å². The van der Waals surface area contributed by atoms with Gasteiger partial charge in [-0.15, -0.1) is 0 Å². The molecule has 1 aromatic carbocycles. The molecule has 1 nitrogen and oxygen atoms in total. The number of hydrogen-bond donors (Lipinski definition) is 1. The van der Waals surface area contributed by atoms with Crippen LogP contribution in [0, 0.1) is 0 Å². The van der Waals surface area contributed by atoms with Crippen molar-refractivity contribution in [1.82, 2.24) is 0 Å².